The molecule has 5 nitrogen and oxygen atoms in total. The fourth-order valence-corrected chi connectivity index (χ4v) is 3.78. The van der Waals surface area contributed by atoms with Crippen LogP contribution in [0, 0.1) is 0 Å². The van der Waals surface area contributed by atoms with Gasteiger partial charge in [-0.25, -0.2) is 0 Å². The third-order valence-corrected chi connectivity index (χ3v) is 5.26. The molecule has 29 heavy (non-hydrogen) atoms. The van der Waals surface area contributed by atoms with Gasteiger partial charge in [0, 0.05) is 18.7 Å². The Kier molecular flexibility index (Phi) is 5.47. The lowest BCUT2D eigenvalue weighted by molar-refractivity contribution is -0.123. The maximum atomic E-state index is 12.4. The van der Waals surface area contributed by atoms with E-state index in [1.807, 2.05) is 43.3 Å². The average Bonchev–Trinajstić information content (AvgIpc) is 3.18. The van der Waals surface area contributed by atoms with E-state index in [9.17, 15) is 9.59 Å². The minimum atomic E-state index is -0.177. The van der Waals surface area contributed by atoms with Crippen LogP contribution in [0.5, 0.6) is 5.75 Å². The lowest BCUT2D eigenvalue weighted by atomic mass is 10.00. The molecule has 0 spiro atoms. The molecule has 1 aliphatic heterocycles. The molecule has 0 radical (unpaired) electrons. The van der Waals surface area contributed by atoms with Crippen molar-refractivity contribution in [2.45, 2.75) is 25.8 Å². The van der Waals surface area contributed by atoms with Crippen LogP contribution in [0.1, 0.15) is 31.4 Å². The molecule has 2 amide bonds. The second-order valence-electron chi connectivity index (χ2n) is 7.29. The zero-order valence-corrected chi connectivity index (χ0v) is 16.4. The molecule has 0 aromatic heterocycles. The van der Waals surface area contributed by atoms with Gasteiger partial charge in [0.15, 0.2) is 6.61 Å². The average molecular weight is 388 g/mol. The van der Waals surface area contributed by atoms with Crippen LogP contribution in [-0.2, 0) is 9.59 Å². The summed E-state index contributed by atoms with van der Waals surface area (Å²) in [7, 11) is 0. The highest BCUT2D eigenvalue weighted by Crippen LogP contribution is 2.25. The first kappa shape index (κ1) is 19.0. The molecule has 5 heteroatoms. The van der Waals surface area contributed by atoms with E-state index in [1.54, 1.807) is 17.0 Å². The van der Waals surface area contributed by atoms with Crippen LogP contribution in [0.2, 0.25) is 0 Å². The summed E-state index contributed by atoms with van der Waals surface area (Å²) in [6.07, 6.45) is 1.50. The molecule has 1 unspecified atom stereocenters. The number of nitrogens with zero attached hydrogens (tertiary/aromatic N) is 1. The number of carbonyl (C=O) groups excluding carboxylic acids is 2. The van der Waals surface area contributed by atoms with E-state index in [1.165, 1.54) is 0 Å². The van der Waals surface area contributed by atoms with Crippen molar-refractivity contribution in [2.75, 3.05) is 18.1 Å². The molecule has 1 saturated heterocycles. The minimum absolute atomic E-state index is 0.0584. The van der Waals surface area contributed by atoms with E-state index in [0.717, 1.165) is 35.0 Å². The number of fused-ring (bicyclic) bond motifs is 1. The van der Waals surface area contributed by atoms with Crippen molar-refractivity contribution in [3.05, 3.63) is 72.3 Å². The van der Waals surface area contributed by atoms with Crippen molar-refractivity contribution < 1.29 is 14.3 Å². The Morgan fingerprint density at radius 3 is 2.59 bits per heavy atom. The van der Waals surface area contributed by atoms with Crippen molar-refractivity contribution >= 4 is 28.3 Å². The molecule has 3 aromatic rings. The van der Waals surface area contributed by atoms with Crippen molar-refractivity contribution in [3.63, 3.8) is 0 Å². The van der Waals surface area contributed by atoms with Crippen LogP contribution < -0.4 is 15.0 Å². The third kappa shape index (κ3) is 4.24. The van der Waals surface area contributed by atoms with Crippen LogP contribution >= 0.6 is 0 Å². The van der Waals surface area contributed by atoms with Crippen LogP contribution in [0.3, 0.4) is 0 Å². The van der Waals surface area contributed by atoms with E-state index in [2.05, 4.69) is 23.5 Å². The van der Waals surface area contributed by atoms with Crippen molar-refractivity contribution in [1.82, 2.24) is 5.32 Å². The lowest BCUT2D eigenvalue weighted by Crippen LogP contribution is -2.31. The zero-order chi connectivity index (χ0) is 20.2. The van der Waals surface area contributed by atoms with Gasteiger partial charge >= 0.3 is 0 Å². The Hall–Kier alpha value is -3.34. The molecular weight excluding hydrogens is 364 g/mol. The number of rotatable bonds is 6. The van der Waals surface area contributed by atoms with Crippen molar-refractivity contribution in [3.8, 4) is 5.75 Å². The molecule has 4 rings (SSSR count). The van der Waals surface area contributed by atoms with Gasteiger partial charge in [-0.2, -0.15) is 0 Å². The van der Waals surface area contributed by atoms with Gasteiger partial charge < -0.3 is 15.0 Å². The summed E-state index contributed by atoms with van der Waals surface area (Å²) in [5.74, 6) is 0.582. The first-order valence-electron chi connectivity index (χ1n) is 9.92. The molecule has 1 N–H and O–H groups in total. The van der Waals surface area contributed by atoms with Gasteiger partial charge in [-0.05, 0) is 53.9 Å². The van der Waals surface area contributed by atoms with Gasteiger partial charge in [0.05, 0.1) is 6.04 Å². The first-order valence-corrected chi connectivity index (χ1v) is 9.92. The fraction of sp³-hybridized carbons (Fsp3) is 0.250. The van der Waals surface area contributed by atoms with E-state index < -0.39 is 0 Å². The molecule has 1 aliphatic rings. The monoisotopic (exact) mass is 388 g/mol. The molecule has 0 aliphatic carbocycles. The van der Waals surface area contributed by atoms with Crippen molar-refractivity contribution in [1.29, 1.82) is 0 Å². The van der Waals surface area contributed by atoms with Gasteiger partial charge in [0.2, 0.25) is 5.91 Å². The number of hydrogen-bond acceptors (Lipinski definition) is 3. The summed E-state index contributed by atoms with van der Waals surface area (Å²) >= 11 is 0. The molecule has 1 heterocycles. The molecule has 1 fully saturated rings. The second kappa shape index (κ2) is 8.35. The SMILES string of the molecule is CC(NC(=O)COc1ccc(N2CCCC2=O)cc1)c1cccc2ccccc12. The predicted octanol–water partition coefficient (Wildman–Crippen LogP) is 4.22. The number of nitrogens with one attached hydrogen (secondary N) is 1. The number of benzene rings is 3. The number of ether oxygens (including phenoxy) is 1. The molecule has 0 saturated carbocycles. The van der Waals surface area contributed by atoms with E-state index in [4.69, 9.17) is 4.74 Å². The lowest BCUT2D eigenvalue weighted by Gasteiger charge is -2.17. The highest BCUT2D eigenvalue weighted by Gasteiger charge is 2.21. The summed E-state index contributed by atoms with van der Waals surface area (Å²) in [4.78, 5) is 26.0. The van der Waals surface area contributed by atoms with Crippen molar-refractivity contribution in [2.24, 2.45) is 0 Å². The Bertz CT molecular complexity index is 1020. The van der Waals surface area contributed by atoms with Crippen LogP contribution in [0.25, 0.3) is 10.8 Å². The Morgan fingerprint density at radius 1 is 1.07 bits per heavy atom. The van der Waals surface area contributed by atoms with E-state index >= 15 is 0 Å². The maximum Gasteiger partial charge on any atom is 0.258 e. The van der Waals surface area contributed by atoms with Gasteiger partial charge in [-0.1, -0.05) is 42.5 Å². The summed E-state index contributed by atoms with van der Waals surface area (Å²) in [6.45, 7) is 2.67. The highest BCUT2D eigenvalue weighted by molar-refractivity contribution is 5.95. The van der Waals surface area contributed by atoms with Gasteiger partial charge in [0.1, 0.15) is 5.75 Å². The summed E-state index contributed by atoms with van der Waals surface area (Å²) < 4.78 is 5.62. The predicted molar refractivity (Wildman–Crippen MR) is 114 cm³/mol. The number of hydrogen-bond donors (Lipinski definition) is 1. The number of carbonyl (C=O) groups is 2. The zero-order valence-electron chi connectivity index (χ0n) is 16.4. The summed E-state index contributed by atoms with van der Waals surface area (Å²) in [5, 5.41) is 5.29. The second-order valence-corrected chi connectivity index (χ2v) is 7.29. The maximum absolute atomic E-state index is 12.4. The van der Waals surface area contributed by atoms with E-state index in [0.29, 0.717) is 12.2 Å². The van der Waals surface area contributed by atoms with Crippen LogP contribution in [0.15, 0.2) is 66.7 Å². The smallest absolute Gasteiger partial charge is 0.258 e. The van der Waals surface area contributed by atoms with Gasteiger partial charge in [-0.3, -0.25) is 9.59 Å². The third-order valence-electron chi connectivity index (χ3n) is 5.26. The Balaban J connectivity index is 1.34. The van der Waals surface area contributed by atoms with Crippen LogP contribution in [0.4, 0.5) is 5.69 Å². The minimum Gasteiger partial charge on any atom is -0.484 e. The molecule has 0 bridgehead atoms. The molecular formula is C24H24N2O3. The molecule has 148 valence electrons. The Labute approximate surface area is 170 Å². The van der Waals surface area contributed by atoms with Crippen LogP contribution in [-0.4, -0.2) is 25.0 Å². The first-order chi connectivity index (χ1) is 14.1. The number of anilines is 1. The normalized spacial score (nSPS) is 14.8. The molecule has 3 aromatic carbocycles. The van der Waals surface area contributed by atoms with E-state index in [-0.39, 0.29) is 24.5 Å². The summed E-state index contributed by atoms with van der Waals surface area (Å²) in [6, 6.07) is 21.4. The summed E-state index contributed by atoms with van der Waals surface area (Å²) in [5.41, 5.74) is 1.95. The highest BCUT2D eigenvalue weighted by atomic mass is 16.5. The Morgan fingerprint density at radius 2 is 1.83 bits per heavy atom. The molecule has 1 atom stereocenters. The largest absolute Gasteiger partial charge is 0.484 e. The number of amides is 2. The topological polar surface area (TPSA) is 58.6 Å². The quantitative estimate of drug-likeness (QED) is 0.688. The van der Waals surface area contributed by atoms with Gasteiger partial charge in [0.25, 0.3) is 5.91 Å². The van der Waals surface area contributed by atoms with Gasteiger partial charge in [-0.15, -0.1) is 0 Å². The fourth-order valence-electron chi connectivity index (χ4n) is 3.78. The standard InChI is InChI=1S/C24H24N2O3/c1-17(21-9-4-7-18-6-2-3-8-22(18)21)25-23(27)16-29-20-13-11-19(12-14-20)26-15-5-10-24(26)28/h2-4,6-9,11-14,17H,5,10,15-16H2,1H3,(H,25,27).